The number of carbonyl (C=O) groups excluding carboxylic acids is 2. The molecule has 0 aliphatic carbocycles. The molecule has 1 atom stereocenters. The first-order valence-electron chi connectivity index (χ1n) is 7.50. The topological polar surface area (TPSA) is 84.0 Å². The lowest BCUT2D eigenvalue weighted by Gasteiger charge is -2.08. The highest BCUT2D eigenvalue weighted by atomic mass is 32.2. The molecule has 0 radical (unpaired) electrons. The summed E-state index contributed by atoms with van der Waals surface area (Å²) < 4.78 is 0.570. The zero-order valence-corrected chi connectivity index (χ0v) is 15.6. The van der Waals surface area contributed by atoms with Gasteiger partial charge in [-0.15, -0.1) is 10.2 Å². The summed E-state index contributed by atoms with van der Waals surface area (Å²) in [5.41, 5.74) is 2.19. The maximum absolute atomic E-state index is 11.7. The number of aromatic nitrogens is 2. The average Bonchev–Trinajstić information content (AvgIpc) is 2.99. The number of rotatable bonds is 7. The molecule has 0 bridgehead atoms. The first-order valence-corrected chi connectivity index (χ1v) is 9.19. The number of hydrogen-bond donors (Lipinski definition) is 2. The maximum atomic E-state index is 11.7. The first-order chi connectivity index (χ1) is 11.4. The lowest BCUT2D eigenvalue weighted by molar-refractivity contribution is -0.126. The third kappa shape index (κ3) is 4.78. The SMILES string of the molecule is CNC(=O)C(Sc1nnc(Nc2ccc(C(C)C)cc2)s1)C(C)=O. The molecule has 2 aromatic rings. The van der Waals surface area contributed by atoms with Gasteiger partial charge in [-0.3, -0.25) is 9.59 Å². The quantitative estimate of drug-likeness (QED) is 0.580. The van der Waals surface area contributed by atoms with Crippen LogP contribution in [0.4, 0.5) is 10.8 Å². The van der Waals surface area contributed by atoms with Crippen molar-refractivity contribution in [1.29, 1.82) is 0 Å². The van der Waals surface area contributed by atoms with Crippen LogP contribution in [0.15, 0.2) is 28.6 Å². The van der Waals surface area contributed by atoms with Crippen molar-refractivity contribution >= 4 is 45.6 Å². The third-order valence-corrected chi connectivity index (χ3v) is 5.54. The number of nitrogens with one attached hydrogen (secondary N) is 2. The summed E-state index contributed by atoms with van der Waals surface area (Å²) in [5, 5.41) is 13.6. The predicted octanol–water partition coefficient (Wildman–Crippen LogP) is 3.20. The molecular weight excluding hydrogens is 344 g/mol. The van der Waals surface area contributed by atoms with E-state index in [1.807, 2.05) is 12.1 Å². The van der Waals surface area contributed by atoms with Crippen LogP contribution in [0.5, 0.6) is 0 Å². The number of nitrogens with zero attached hydrogens (tertiary/aromatic N) is 2. The van der Waals surface area contributed by atoms with Crippen molar-refractivity contribution in [3.63, 3.8) is 0 Å². The zero-order valence-electron chi connectivity index (χ0n) is 14.0. The van der Waals surface area contributed by atoms with Crippen LogP contribution in [0, 0.1) is 0 Å². The summed E-state index contributed by atoms with van der Waals surface area (Å²) in [6.07, 6.45) is 0. The van der Waals surface area contributed by atoms with Gasteiger partial charge in [0.2, 0.25) is 11.0 Å². The molecular formula is C16H20N4O2S2. The minimum Gasteiger partial charge on any atom is -0.358 e. The zero-order chi connectivity index (χ0) is 17.7. The van der Waals surface area contributed by atoms with Gasteiger partial charge in [0, 0.05) is 12.7 Å². The number of amides is 1. The second-order valence-corrected chi connectivity index (χ2v) is 7.83. The molecule has 128 valence electrons. The molecule has 8 heteroatoms. The first kappa shape index (κ1) is 18.4. The smallest absolute Gasteiger partial charge is 0.240 e. The largest absolute Gasteiger partial charge is 0.358 e. The second-order valence-electron chi connectivity index (χ2n) is 5.50. The molecule has 2 rings (SSSR count). The van der Waals surface area contributed by atoms with Gasteiger partial charge >= 0.3 is 0 Å². The van der Waals surface area contributed by atoms with Gasteiger partial charge in [-0.1, -0.05) is 49.1 Å². The van der Waals surface area contributed by atoms with Crippen LogP contribution in [-0.2, 0) is 9.59 Å². The number of hydrogen-bond acceptors (Lipinski definition) is 7. The summed E-state index contributed by atoms with van der Waals surface area (Å²) in [6, 6.07) is 8.13. The van der Waals surface area contributed by atoms with Crippen LogP contribution in [0.1, 0.15) is 32.3 Å². The van der Waals surface area contributed by atoms with Crippen molar-refractivity contribution in [2.45, 2.75) is 36.3 Å². The molecule has 1 heterocycles. The molecule has 1 aromatic carbocycles. The number of ketones is 1. The van der Waals surface area contributed by atoms with Crippen molar-refractivity contribution in [1.82, 2.24) is 15.5 Å². The lowest BCUT2D eigenvalue weighted by Crippen LogP contribution is -2.34. The molecule has 24 heavy (non-hydrogen) atoms. The van der Waals surface area contributed by atoms with E-state index in [4.69, 9.17) is 0 Å². The highest BCUT2D eigenvalue weighted by Crippen LogP contribution is 2.31. The Kier molecular flexibility index (Phi) is 6.33. The number of carbonyl (C=O) groups is 2. The fourth-order valence-electron chi connectivity index (χ4n) is 1.94. The Morgan fingerprint density at radius 3 is 2.38 bits per heavy atom. The molecule has 0 saturated carbocycles. The Labute approximate surface area is 149 Å². The fraction of sp³-hybridized carbons (Fsp3) is 0.375. The van der Waals surface area contributed by atoms with E-state index >= 15 is 0 Å². The minimum atomic E-state index is -0.805. The Morgan fingerprint density at radius 1 is 1.17 bits per heavy atom. The molecule has 2 N–H and O–H groups in total. The van der Waals surface area contributed by atoms with Crippen LogP contribution in [0.3, 0.4) is 0 Å². The number of benzene rings is 1. The Hall–Kier alpha value is -1.93. The number of thioether (sulfide) groups is 1. The van der Waals surface area contributed by atoms with Crippen molar-refractivity contribution in [3.8, 4) is 0 Å². The van der Waals surface area contributed by atoms with E-state index in [2.05, 4.69) is 46.8 Å². The van der Waals surface area contributed by atoms with Crippen molar-refractivity contribution < 1.29 is 9.59 Å². The Morgan fingerprint density at radius 2 is 1.83 bits per heavy atom. The maximum Gasteiger partial charge on any atom is 0.240 e. The lowest BCUT2D eigenvalue weighted by atomic mass is 10.0. The molecule has 0 aliphatic rings. The van der Waals surface area contributed by atoms with Crippen LogP contribution in [0.25, 0.3) is 0 Å². The van der Waals surface area contributed by atoms with Crippen molar-refractivity contribution in [2.75, 3.05) is 12.4 Å². The highest BCUT2D eigenvalue weighted by Gasteiger charge is 2.25. The monoisotopic (exact) mass is 364 g/mol. The summed E-state index contributed by atoms with van der Waals surface area (Å²) in [7, 11) is 1.51. The molecule has 0 saturated heterocycles. The van der Waals surface area contributed by atoms with Gasteiger partial charge in [-0.05, 0) is 30.5 Å². The standard InChI is InChI=1S/C16H20N4O2S2/c1-9(2)11-5-7-12(8-6-11)18-15-19-20-16(24-15)23-13(10(3)21)14(22)17-4/h5-9,13H,1-4H3,(H,17,22)(H,18,19). The van der Waals surface area contributed by atoms with Gasteiger partial charge in [0.1, 0.15) is 5.25 Å². The molecule has 0 spiro atoms. The Bertz CT molecular complexity index is 713. The molecule has 1 amide bonds. The van der Waals surface area contributed by atoms with Gasteiger partial charge < -0.3 is 10.6 Å². The van der Waals surface area contributed by atoms with Crippen LogP contribution in [-0.4, -0.2) is 34.2 Å². The van der Waals surface area contributed by atoms with Crippen molar-refractivity contribution in [2.24, 2.45) is 0 Å². The Balaban J connectivity index is 2.04. The van der Waals surface area contributed by atoms with E-state index in [0.29, 0.717) is 15.4 Å². The van der Waals surface area contributed by atoms with Gasteiger partial charge in [0.25, 0.3) is 0 Å². The van der Waals surface area contributed by atoms with E-state index in [1.54, 1.807) is 0 Å². The summed E-state index contributed by atoms with van der Waals surface area (Å²) in [4.78, 5) is 23.3. The van der Waals surface area contributed by atoms with Gasteiger partial charge in [-0.2, -0.15) is 0 Å². The van der Waals surface area contributed by atoms with E-state index in [-0.39, 0.29) is 11.7 Å². The summed E-state index contributed by atoms with van der Waals surface area (Å²) in [5.74, 6) is -0.0633. The number of Topliss-reactive ketones (excluding diaryl/α,β-unsaturated/α-hetero) is 1. The van der Waals surface area contributed by atoms with E-state index in [9.17, 15) is 9.59 Å². The molecule has 0 aliphatic heterocycles. The highest BCUT2D eigenvalue weighted by molar-refractivity contribution is 8.03. The van der Waals surface area contributed by atoms with E-state index < -0.39 is 5.25 Å². The average molecular weight is 364 g/mol. The van der Waals surface area contributed by atoms with Crippen LogP contribution >= 0.6 is 23.1 Å². The second kappa shape index (κ2) is 8.25. The van der Waals surface area contributed by atoms with Gasteiger partial charge in [0.05, 0.1) is 0 Å². The fourth-order valence-corrected chi connectivity index (χ4v) is 3.83. The predicted molar refractivity (Wildman–Crippen MR) is 98.1 cm³/mol. The van der Waals surface area contributed by atoms with Crippen molar-refractivity contribution in [3.05, 3.63) is 29.8 Å². The minimum absolute atomic E-state index is 0.215. The summed E-state index contributed by atoms with van der Waals surface area (Å²) in [6.45, 7) is 5.69. The molecule has 1 aromatic heterocycles. The van der Waals surface area contributed by atoms with Crippen LogP contribution in [0.2, 0.25) is 0 Å². The molecule has 6 nitrogen and oxygen atoms in total. The molecule has 1 unspecified atom stereocenters. The molecule has 0 fully saturated rings. The summed E-state index contributed by atoms with van der Waals surface area (Å²) >= 11 is 2.42. The normalized spacial score (nSPS) is 12.0. The van der Waals surface area contributed by atoms with Gasteiger partial charge in [0.15, 0.2) is 10.1 Å². The number of anilines is 2. The van der Waals surface area contributed by atoms with Crippen LogP contribution < -0.4 is 10.6 Å². The third-order valence-electron chi connectivity index (χ3n) is 3.31. The van der Waals surface area contributed by atoms with E-state index in [0.717, 1.165) is 17.4 Å². The van der Waals surface area contributed by atoms with Gasteiger partial charge in [-0.25, -0.2) is 0 Å². The van der Waals surface area contributed by atoms with E-state index in [1.165, 1.54) is 30.9 Å².